The summed E-state index contributed by atoms with van der Waals surface area (Å²) >= 11 is 0. The van der Waals surface area contributed by atoms with E-state index in [9.17, 15) is 4.79 Å². The minimum Gasteiger partial charge on any atom is -0.493 e. The molecule has 4 nitrogen and oxygen atoms in total. The zero-order chi connectivity index (χ0) is 23.3. The van der Waals surface area contributed by atoms with Crippen molar-refractivity contribution in [1.29, 1.82) is 0 Å². The summed E-state index contributed by atoms with van der Waals surface area (Å²) < 4.78 is 12.0. The van der Waals surface area contributed by atoms with Gasteiger partial charge in [0.15, 0.2) is 0 Å². The molecule has 0 saturated carbocycles. The predicted octanol–water partition coefficient (Wildman–Crippen LogP) is 6.97. The molecule has 0 saturated heterocycles. The molecule has 0 aliphatic carbocycles. The maximum absolute atomic E-state index is 13.0. The standard InChI is InChI=1S/C28H33NO3/c1-7-31-25-13-12-22(28(30)29-27-20(5)14-19(4)15-21(27)6)16-23(25)17-32-26-11-9-8-10-24(26)18(2)3/h8-16,18H,7,17H2,1-6H3,(H,29,30). The molecular formula is C28H33NO3. The smallest absolute Gasteiger partial charge is 0.255 e. The highest BCUT2D eigenvalue weighted by Gasteiger charge is 2.15. The van der Waals surface area contributed by atoms with E-state index in [0.29, 0.717) is 24.7 Å². The fourth-order valence-electron chi connectivity index (χ4n) is 3.94. The highest BCUT2D eigenvalue weighted by Crippen LogP contribution is 2.29. The molecule has 0 fully saturated rings. The lowest BCUT2D eigenvalue weighted by Crippen LogP contribution is -2.15. The van der Waals surface area contributed by atoms with Crippen molar-refractivity contribution in [2.75, 3.05) is 11.9 Å². The Kier molecular flexibility index (Phi) is 7.57. The van der Waals surface area contributed by atoms with Crippen molar-refractivity contribution in [1.82, 2.24) is 0 Å². The van der Waals surface area contributed by atoms with Gasteiger partial charge in [-0.25, -0.2) is 0 Å². The molecule has 32 heavy (non-hydrogen) atoms. The Balaban J connectivity index is 1.85. The Morgan fingerprint density at radius 1 is 0.906 bits per heavy atom. The number of benzene rings is 3. The number of aryl methyl sites for hydroxylation is 3. The van der Waals surface area contributed by atoms with Crippen LogP contribution in [0, 0.1) is 20.8 Å². The van der Waals surface area contributed by atoms with Crippen LogP contribution >= 0.6 is 0 Å². The Labute approximate surface area is 191 Å². The minimum atomic E-state index is -0.146. The Morgan fingerprint density at radius 3 is 2.25 bits per heavy atom. The molecule has 0 heterocycles. The number of ether oxygens (including phenoxy) is 2. The van der Waals surface area contributed by atoms with E-state index >= 15 is 0 Å². The molecule has 0 unspecified atom stereocenters. The Morgan fingerprint density at radius 2 is 1.59 bits per heavy atom. The molecule has 0 atom stereocenters. The summed E-state index contributed by atoms with van der Waals surface area (Å²) in [5.41, 5.74) is 6.72. The molecule has 1 amide bonds. The van der Waals surface area contributed by atoms with Crippen LogP contribution in [0.3, 0.4) is 0 Å². The van der Waals surface area contributed by atoms with Crippen LogP contribution in [0.1, 0.15) is 64.9 Å². The van der Waals surface area contributed by atoms with E-state index in [4.69, 9.17) is 9.47 Å². The molecular weight excluding hydrogens is 398 g/mol. The maximum atomic E-state index is 13.0. The number of hydrogen-bond acceptors (Lipinski definition) is 3. The van der Waals surface area contributed by atoms with Gasteiger partial charge in [0.05, 0.1) is 6.61 Å². The Hall–Kier alpha value is -3.27. The van der Waals surface area contributed by atoms with Gasteiger partial charge in [-0.3, -0.25) is 4.79 Å². The van der Waals surface area contributed by atoms with E-state index < -0.39 is 0 Å². The fraction of sp³-hybridized carbons (Fsp3) is 0.321. The highest BCUT2D eigenvalue weighted by molar-refractivity contribution is 6.05. The van der Waals surface area contributed by atoms with Crippen LogP contribution in [0.2, 0.25) is 0 Å². The first-order valence-electron chi connectivity index (χ1n) is 11.2. The number of carbonyl (C=O) groups is 1. The number of nitrogens with one attached hydrogen (secondary N) is 1. The van der Waals surface area contributed by atoms with Gasteiger partial charge in [-0.05, 0) is 74.6 Å². The van der Waals surface area contributed by atoms with Gasteiger partial charge in [-0.15, -0.1) is 0 Å². The quantitative estimate of drug-likeness (QED) is 0.419. The van der Waals surface area contributed by atoms with Crippen molar-refractivity contribution < 1.29 is 14.3 Å². The van der Waals surface area contributed by atoms with E-state index in [1.54, 1.807) is 6.07 Å². The van der Waals surface area contributed by atoms with Crippen molar-refractivity contribution >= 4 is 11.6 Å². The van der Waals surface area contributed by atoms with Gasteiger partial charge < -0.3 is 14.8 Å². The molecule has 0 bridgehead atoms. The van der Waals surface area contributed by atoms with Crippen molar-refractivity contribution in [2.45, 2.75) is 54.1 Å². The summed E-state index contributed by atoms with van der Waals surface area (Å²) in [4.78, 5) is 13.0. The summed E-state index contributed by atoms with van der Waals surface area (Å²) in [6, 6.07) is 17.7. The summed E-state index contributed by atoms with van der Waals surface area (Å²) in [5, 5.41) is 3.08. The van der Waals surface area contributed by atoms with Gasteiger partial charge in [0.25, 0.3) is 5.91 Å². The third-order valence-corrected chi connectivity index (χ3v) is 5.46. The second-order valence-corrected chi connectivity index (χ2v) is 8.46. The van der Waals surface area contributed by atoms with Gasteiger partial charge in [-0.2, -0.15) is 0 Å². The van der Waals surface area contributed by atoms with Gasteiger partial charge in [0.1, 0.15) is 18.1 Å². The zero-order valence-corrected chi connectivity index (χ0v) is 19.9. The SMILES string of the molecule is CCOc1ccc(C(=O)Nc2c(C)cc(C)cc2C)cc1COc1ccccc1C(C)C. The molecule has 3 rings (SSSR count). The number of anilines is 1. The molecule has 168 valence electrons. The first kappa shape index (κ1) is 23.4. The third-order valence-electron chi connectivity index (χ3n) is 5.46. The highest BCUT2D eigenvalue weighted by atomic mass is 16.5. The second-order valence-electron chi connectivity index (χ2n) is 8.46. The first-order chi connectivity index (χ1) is 15.3. The van der Waals surface area contributed by atoms with Gasteiger partial charge in [0, 0.05) is 16.8 Å². The number of rotatable bonds is 8. The molecule has 3 aromatic rings. The van der Waals surface area contributed by atoms with E-state index in [2.05, 4.69) is 44.3 Å². The molecule has 0 radical (unpaired) electrons. The van der Waals surface area contributed by atoms with E-state index in [-0.39, 0.29) is 5.91 Å². The molecule has 0 aliphatic heterocycles. The summed E-state index contributed by atoms with van der Waals surface area (Å²) in [7, 11) is 0. The van der Waals surface area contributed by atoms with Crippen LogP contribution < -0.4 is 14.8 Å². The van der Waals surface area contributed by atoms with E-state index in [0.717, 1.165) is 39.4 Å². The topological polar surface area (TPSA) is 47.6 Å². The van der Waals surface area contributed by atoms with Crippen molar-refractivity contribution in [3.8, 4) is 11.5 Å². The second kappa shape index (κ2) is 10.4. The molecule has 0 aliphatic rings. The van der Waals surface area contributed by atoms with Gasteiger partial charge in [-0.1, -0.05) is 49.7 Å². The van der Waals surface area contributed by atoms with Crippen LogP contribution in [0.15, 0.2) is 54.6 Å². The van der Waals surface area contributed by atoms with Crippen molar-refractivity contribution in [3.63, 3.8) is 0 Å². The lowest BCUT2D eigenvalue weighted by molar-refractivity contribution is 0.102. The molecule has 0 aromatic heterocycles. The molecule has 3 aromatic carbocycles. The lowest BCUT2D eigenvalue weighted by Gasteiger charge is -2.17. The number of carbonyl (C=O) groups excluding carboxylic acids is 1. The molecule has 1 N–H and O–H groups in total. The summed E-state index contributed by atoms with van der Waals surface area (Å²) in [5.74, 6) is 1.79. The van der Waals surface area contributed by atoms with E-state index in [1.165, 1.54) is 5.56 Å². The average molecular weight is 432 g/mol. The first-order valence-corrected chi connectivity index (χ1v) is 11.2. The van der Waals surface area contributed by atoms with E-state index in [1.807, 2.05) is 51.1 Å². The lowest BCUT2D eigenvalue weighted by atomic mass is 10.0. The monoisotopic (exact) mass is 431 g/mol. The van der Waals surface area contributed by atoms with Crippen molar-refractivity contribution in [3.05, 3.63) is 88.0 Å². The van der Waals surface area contributed by atoms with Crippen LogP contribution in [0.4, 0.5) is 5.69 Å². The van der Waals surface area contributed by atoms with Gasteiger partial charge in [0.2, 0.25) is 0 Å². The normalized spacial score (nSPS) is 10.8. The average Bonchev–Trinajstić information content (AvgIpc) is 2.75. The van der Waals surface area contributed by atoms with Crippen LogP contribution in [0.25, 0.3) is 0 Å². The number of hydrogen-bond donors (Lipinski definition) is 1. The molecule has 0 spiro atoms. The van der Waals surface area contributed by atoms with Gasteiger partial charge >= 0.3 is 0 Å². The van der Waals surface area contributed by atoms with Crippen LogP contribution in [-0.2, 0) is 6.61 Å². The maximum Gasteiger partial charge on any atom is 0.255 e. The summed E-state index contributed by atoms with van der Waals surface area (Å²) in [6.07, 6.45) is 0. The zero-order valence-electron chi connectivity index (χ0n) is 19.9. The summed E-state index contributed by atoms with van der Waals surface area (Å²) in [6.45, 7) is 13.2. The van der Waals surface area contributed by atoms with Crippen molar-refractivity contribution in [2.24, 2.45) is 0 Å². The third kappa shape index (κ3) is 5.50. The predicted molar refractivity (Wildman–Crippen MR) is 131 cm³/mol. The Bertz CT molecular complexity index is 1080. The van der Waals surface area contributed by atoms with Crippen LogP contribution in [-0.4, -0.2) is 12.5 Å². The minimum absolute atomic E-state index is 0.146. The van der Waals surface area contributed by atoms with Crippen LogP contribution in [0.5, 0.6) is 11.5 Å². The molecule has 4 heteroatoms. The number of amides is 1. The largest absolute Gasteiger partial charge is 0.493 e. The fourth-order valence-corrected chi connectivity index (χ4v) is 3.94. The number of para-hydroxylation sites is 1.